The predicted molar refractivity (Wildman–Crippen MR) is 111 cm³/mol. The quantitative estimate of drug-likeness (QED) is 0.470. The zero-order valence-electron chi connectivity index (χ0n) is 15.3. The Kier molecular flexibility index (Phi) is 4.71. The van der Waals surface area contributed by atoms with Crippen LogP contribution in [-0.4, -0.2) is 23.2 Å². The number of benzene rings is 2. The number of fused-ring (bicyclic) bond motifs is 1. The smallest absolute Gasteiger partial charge is 0.205 e. The molecule has 6 nitrogen and oxygen atoms in total. The van der Waals surface area contributed by atoms with Crippen LogP contribution in [0, 0.1) is 11.3 Å². The molecule has 1 unspecified atom stereocenters. The molecule has 4 aromatic rings. The lowest BCUT2D eigenvalue weighted by atomic mass is 10.1. The van der Waals surface area contributed by atoms with Crippen molar-refractivity contribution < 1.29 is 8.42 Å². The van der Waals surface area contributed by atoms with Gasteiger partial charge in [-0.05, 0) is 36.4 Å². The van der Waals surface area contributed by atoms with Crippen LogP contribution >= 0.6 is 0 Å². The molecule has 0 saturated carbocycles. The second-order valence-corrected chi connectivity index (χ2v) is 8.45. The van der Waals surface area contributed by atoms with Crippen LogP contribution in [-0.2, 0) is 9.84 Å². The molecule has 2 heterocycles. The van der Waals surface area contributed by atoms with Crippen molar-refractivity contribution >= 4 is 20.7 Å². The number of nitriles is 1. The largest absolute Gasteiger partial charge is 0.256 e. The topological polar surface area (TPSA) is 88.6 Å². The van der Waals surface area contributed by atoms with Crippen LogP contribution in [0.2, 0.25) is 0 Å². The van der Waals surface area contributed by atoms with Crippen molar-refractivity contribution in [1.82, 2.24) is 14.8 Å². The van der Waals surface area contributed by atoms with Gasteiger partial charge in [-0.2, -0.15) is 10.4 Å². The summed E-state index contributed by atoms with van der Waals surface area (Å²) >= 11 is 0. The fraction of sp³-hybridized carbons (Fsp3) is 0.0455. The highest BCUT2D eigenvalue weighted by Crippen LogP contribution is 2.27. The van der Waals surface area contributed by atoms with Crippen molar-refractivity contribution in [3.63, 3.8) is 0 Å². The van der Waals surface area contributed by atoms with E-state index in [1.165, 1.54) is 22.9 Å². The van der Waals surface area contributed by atoms with Crippen LogP contribution in [0.25, 0.3) is 22.2 Å². The van der Waals surface area contributed by atoms with Crippen molar-refractivity contribution in [2.24, 2.45) is 0 Å². The van der Waals surface area contributed by atoms with Gasteiger partial charge >= 0.3 is 0 Å². The van der Waals surface area contributed by atoms with E-state index in [4.69, 9.17) is 5.26 Å². The van der Waals surface area contributed by atoms with Gasteiger partial charge in [0.25, 0.3) is 0 Å². The van der Waals surface area contributed by atoms with Crippen LogP contribution < -0.4 is 0 Å². The van der Waals surface area contributed by atoms with Gasteiger partial charge in [-0.1, -0.05) is 36.9 Å². The monoisotopic (exact) mass is 400 g/mol. The Hall–Kier alpha value is -3.76. The summed E-state index contributed by atoms with van der Waals surface area (Å²) in [4.78, 5) is 4.48. The standard InChI is InChI=1S/C22H16N4O2S/c1-2-22(29(27,28)19-8-5-6-16(12-19)14-23)26-11-10-21(25-26)18-13-17-7-3-4-9-20(17)24-15-18/h2-13,15,22H,1H2. The number of rotatable bonds is 5. The molecular weight excluding hydrogens is 384 g/mol. The molecule has 29 heavy (non-hydrogen) atoms. The maximum Gasteiger partial charge on any atom is 0.205 e. The van der Waals surface area contributed by atoms with E-state index in [0.717, 1.165) is 16.5 Å². The fourth-order valence-corrected chi connectivity index (χ4v) is 4.60. The van der Waals surface area contributed by atoms with Gasteiger partial charge in [0.15, 0.2) is 5.37 Å². The van der Waals surface area contributed by atoms with Crippen molar-refractivity contribution in [3.05, 3.63) is 91.3 Å². The third kappa shape index (κ3) is 3.42. The molecule has 4 rings (SSSR count). The Morgan fingerprint density at radius 3 is 2.72 bits per heavy atom. The second kappa shape index (κ2) is 7.34. The zero-order valence-corrected chi connectivity index (χ0v) is 16.1. The molecule has 0 fully saturated rings. The molecule has 0 amide bonds. The summed E-state index contributed by atoms with van der Waals surface area (Å²) in [6.45, 7) is 3.68. The Morgan fingerprint density at radius 1 is 1.10 bits per heavy atom. The second-order valence-electron chi connectivity index (χ2n) is 6.41. The minimum Gasteiger partial charge on any atom is -0.256 e. The highest BCUT2D eigenvalue weighted by atomic mass is 32.2. The SMILES string of the molecule is C=CC(n1ccc(-c2cnc3ccccc3c2)n1)S(=O)(=O)c1cccc(C#N)c1. The first-order chi connectivity index (χ1) is 14.0. The minimum absolute atomic E-state index is 0.0471. The van der Waals surface area contributed by atoms with Gasteiger partial charge in [0.05, 0.1) is 27.7 Å². The zero-order chi connectivity index (χ0) is 20.4. The van der Waals surface area contributed by atoms with Gasteiger partial charge < -0.3 is 0 Å². The number of aromatic nitrogens is 3. The summed E-state index contributed by atoms with van der Waals surface area (Å²) in [6, 6.07) is 19.3. The maximum absolute atomic E-state index is 13.1. The van der Waals surface area contributed by atoms with Crippen molar-refractivity contribution in [2.45, 2.75) is 10.3 Å². The molecule has 1 atom stereocenters. The van der Waals surface area contributed by atoms with E-state index in [2.05, 4.69) is 16.7 Å². The first kappa shape index (κ1) is 18.6. The van der Waals surface area contributed by atoms with E-state index in [1.54, 1.807) is 30.6 Å². The Labute approximate surface area is 168 Å². The Morgan fingerprint density at radius 2 is 1.93 bits per heavy atom. The van der Waals surface area contributed by atoms with Gasteiger partial charge in [-0.15, -0.1) is 0 Å². The molecule has 0 aliphatic carbocycles. The highest BCUT2D eigenvalue weighted by molar-refractivity contribution is 7.91. The maximum atomic E-state index is 13.1. The van der Waals surface area contributed by atoms with Gasteiger partial charge in [0.1, 0.15) is 0 Å². The number of para-hydroxylation sites is 1. The molecule has 7 heteroatoms. The molecule has 2 aromatic heterocycles. The summed E-state index contributed by atoms with van der Waals surface area (Å²) < 4.78 is 27.6. The number of pyridine rings is 1. The van der Waals surface area contributed by atoms with Crippen molar-refractivity contribution in [3.8, 4) is 17.3 Å². The molecule has 142 valence electrons. The molecule has 0 spiro atoms. The van der Waals surface area contributed by atoms with Crippen LogP contribution in [0.15, 0.2) is 90.6 Å². The normalized spacial score (nSPS) is 12.4. The van der Waals surface area contributed by atoms with E-state index in [0.29, 0.717) is 5.69 Å². The number of sulfone groups is 1. The average Bonchev–Trinajstić information content (AvgIpc) is 3.23. The summed E-state index contributed by atoms with van der Waals surface area (Å²) in [5, 5.41) is 13.4. The van der Waals surface area contributed by atoms with E-state index in [-0.39, 0.29) is 10.5 Å². The number of nitrogens with zero attached hydrogens (tertiary/aromatic N) is 4. The van der Waals surface area contributed by atoms with E-state index >= 15 is 0 Å². The average molecular weight is 400 g/mol. The van der Waals surface area contributed by atoms with Gasteiger partial charge in [-0.3, -0.25) is 4.98 Å². The van der Waals surface area contributed by atoms with E-state index in [1.807, 2.05) is 36.4 Å². The minimum atomic E-state index is -3.82. The summed E-state index contributed by atoms with van der Waals surface area (Å²) in [5.74, 6) is 0. The molecule has 0 aliphatic heterocycles. The van der Waals surface area contributed by atoms with Crippen LogP contribution in [0.3, 0.4) is 0 Å². The molecule has 0 bridgehead atoms. The summed E-state index contributed by atoms with van der Waals surface area (Å²) in [6.07, 6.45) is 4.63. The summed E-state index contributed by atoms with van der Waals surface area (Å²) in [7, 11) is -3.82. The molecule has 0 N–H and O–H groups in total. The predicted octanol–water partition coefficient (Wildman–Crippen LogP) is 4.13. The summed E-state index contributed by atoms with van der Waals surface area (Å²) in [5.41, 5.74) is 2.54. The number of hydrogen-bond donors (Lipinski definition) is 0. The molecule has 0 radical (unpaired) electrons. The van der Waals surface area contributed by atoms with Crippen LogP contribution in [0.5, 0.6) is 0 Å². The van der Waals surface area contributed by atoms with Gasteiger partial charge in [0.2, 0.25) is 9.84 Å². The lowest BCUT2D eigenvalue weighted by Gasteiger charge is -2.14. The van der Waals surface area contributed by atoms with E-state index in [9.17, 15) is 8.42 Å². The number of hydrogen-bond acceptors (Lipinski definition) is 5. The van der Waals surface area contributed by atoms with Crippen LogP contribution in [0.4, 0.5) is 0 Å². The first-order valence-electron chi connectivity index (χ1n) is 8.80. The lowest BCUT2D eigenvalue weighted by molar-refractivity contribution is 0.557. The van der Waals surface area contributed by atoms with E-state index < -0.39 is 15.2 Å². The van der Waals surface area contributed by atoms with Crippen molar-refractivity contribution in [2.75, 3.05) is 0 Å². The third-order valence-corrected chi connectivity index (χ3v) is 6.52. The first-order valence-corrected chi connectivity index (χ1v) is 10.3. The van der Waals surface area contributed by atoms with Gasteiger partial charge in [0, 0.05) is 23.3 Å². The fourth-order valence-electron chi connectivity index (χ4n) is 3.10. The van der Waals surface area contributed by atoms with Crippen LogP contribution in [0.1, 0.15) is 10.9 Å². The Bertz CT molecular complexity index is 1370. The lowest BCUT2D eigenvalue weighted by Crippen LogP contribution is -2.19. The Balaban J connectivity index is 1.73. The molecule has 2 aromatic carbocycles. The highest BCUT2D eigenvalue weighted by Gasteiger charge is 2.27. The molecule has 0 aliphatic rings. The van der Waals surface area contributed by atoms with Crippen molar-refractivity contribution in [1.29, 1.82) is 5.26 Å². The molecule has 0 saturated heterocycles. The molecular formula is C22H16N4O2S. The van der Waals surface area contributed by atoms with Gasteiger partial charge in [-0.25, -0.2) is 13.1 Å². The third-order valence-electron chi connectivity index (χ3n) is 4.57.